The number of amides is 2. The molecule has 0 aliphatic carbocycles. The number of benzene rings is 4. The molecule has 0 heterocycles. The van der Waals surface area contributed by atoms with Gasteiger partial charge in [0, 0.05) is 6.54 Å². The van der Waals surface area contributed by atoms with E-state index in [-0.39, 0.29) is 28.7 Å². The molecule has 0 aromatic heterocycles. The van der Waals surface area contributed by atoms with Gasteiger partial charge < -0.3 is 14.8 Å². The lowest BCUT2D eigenvalue weighted by Gasteiger charge is -2.16. The molecule has 8 nitrogen and oxygen atoms in total. The zero-order chi connectivity index (χ0) is 30.7. The zero-order valence-electron chi connectivity index (χ0n) is 24.3. The van der Waals surface area contributed by atoms with E-state index in [0.717, 1.165) is 29.7 Å². The first-order valence-corrected chi connectivity index (χ1v) is 15.6. The summed E-state index contributed by atoms with van der Waals surface area (Å²) < 4.78 is 38.6. The summed E-state index contributed by atoms with van der Waals surface area (Å²) in [5.41, 5.74) is 3.18. The van der Waals surface area contributed by atoms with Crippen molar-refractivity contribution in [2.24, 2.45) is 5.92 Å². The molecular formula is C34H36N2O6S. The molecule has 4 aromatic carbocycles. The lowest BCUT2D eigenvalue weighted by Crippen LogP contribution is -2.34. The van der Waals surface area contributed by atoms with Crippen LogP contribution in [0.1, 0.15) is 40.4 Å². The van der Waals surface area contributed by atoms with E-state index in [2.05, 4.69) is 24.4 Å². The number of rotatable bonds is 14. The van der Waals surface area contributed by atoms with E-state index < -0.39 is 22.5 Å². The van der Waals surface area contributed by atoms with Crippen LogP contribution in [0.4, 0.5) is 0 Å². The molecule has 4 rings (SSSR count). The predicted octanol–water partition coefficient (Wildman–Crippen LogP) is 5.46. The molecule has 2 N–H and O–H groups in total. The number of nitrogens with one attached hydrogen (secondary N) is 2. The van der Waals surface area contributed by atoms with Crippen molar-refractivity contribution >= 4 is 21.8 Å². The Labute approximate surface area is 253 Å². The summed E-state index contributed by atoms with van der Waals surface area (Å²) in [6.45, 7) is 4.16. The largest absolute Gasteiger partial charge is 0.489 e. The van der Waals surface area contributed by atoms with Gasteiger partial charge in [0.15, 0.2) is 6.61 Å². The number of sulfonamides is 1. The van der Waals surface area contributed by atoms with Crippen molar-refractivity contribution in [2.45, 2.75) is 38.2 Å². The van der Waals surface area contributed by atoms with Gasteiger partial charge >= 0.3 is 0 Å². The Morgan fingerprint density at radius 3 is 2.19 bits per heavy atom. The summed E-state index contributed by atoms with van der Waals surface area (Å²) in [5.74, 6) is 0.00988. The number of carbonyl (C=O) groups excluding carboxylic acids is 2. The Hall–Kier alpha value is -4.63. The molecule has 0 spiro atoms. The highest BCUT2D eigenvalue weighted by Crippen LogP contribution is 2.23. The number of hydrogen-bond acceptors (Lipinski definition) is 6. The third-order valence-corrected chi connectivity index (χ3v) is 8.18. The van der Waals surface area contributed by atoms with Gasteiger partial charge in [-0.15, -0.1) is 0 Å². The molecular weight excluding hydrogens is 564 g/mol. The van der Waals surface area contributed by atoms with E-state index in [1.165, 1.54) is 17.7 Å². The molecule has 0 radical (unpaired) electrons. The van der Waals surface area contributed by atoms with Crippen LogP contribution in [-0.4, -0.2) is 33.4 Å². The molecule has 43 heavy (non-hydrogen) atoms. The maximum Gasteiger partial charge on any atom is 0.271 e. The highest BCUT2D eigenvalue weighted by atomic mass is 32.2. The van der Waals surface area contributed by atoms with E-state index in [4.69, 9.17) is 9.47 Å². The Kier molecular flexibility index (Phi) is 10.9. The molecule has 0 saturated carbocycles. The fourth-order valence-corrected chi connectivity index (χ4v) is 5.47. The molecule has 4 aromatic rings. The van der Waals surface area contributed by atoms with Crippen LogP contribution in [0.3, 0.4) is 0 Å². The average Bonchev–Trinajstić information content (AvgIpc) is 3.00. The minimum Gasteiger partial charge on any atom is -0.489 e. The number of para-hydroxylation sites is 1. The van der Waals surface area contributed by atoms with Crippen LogP contribution in [0.2, 0.25) is 0 Å². The maximum atomic E-state index is 13.3. The van der Waals surface area contributed by atoms with Crippen LogP contribution >= 0.6 is 0 Å². The summed E-state index contributed by atoms with van der Waals surface area (Å²) in [6.07, 6.45) is 1.67. The van der Waals surface area contributed by atoms with Crippen molar-refractivity contribution in [2.75, 3.05) is 13.2 Å². The fraction of sp³-hybridized carbons (Fsp3) is 0.235. The van der Waals surface area contributed by atoms with Gasteiger partial charge in [-0.05, 0) is 72.7 Å². The molecule has 0 saturated heterocycles. The van der Waals surface area contributed by atoms with Gasteiger partial charge in [0.1, 0.15) is 18.1 Å². The van der Waals surface area contributed by atoms with Crippen molar-refractivity contribution in [3.05, 3.63) is 125 Å². The zero-order valence-corrected chi connectivity index (χ0v) is 25.1. The Balaban J connectivity index is 1.42. The van der Waals surface area contributed by atoms with Gasteiger partial charge in [-0.25, -0.2) is 13.1 Å². The average molecular weight is 601 g/mol. The van der Waals surface area contributed by atoms with Crippen molar-refractivity contribution in [1.82, 2.24) is 10.0 Å². The minimum atomic E-state index is -4.05. The summed E-state index contributed by atoms with van der Waals surface area (Å²) >= 11 is 0. The first-order valence-electron chi connectivity index (χ1n) is 14.1. The van der Waals surface area contributed by atoms with E-state index in [9.17, 15) is 18.0 Å². The number of hydrogen-bond donors (Lipinski definition) is 2. The normalized spacial score (nSPS) is 11.8. The van der Waals surface area contributed by atoms with E-state index in [1.54, 1.807) is 36.4 Å². The molecule has 0 bridgehead atoms. The molecule has 0 fully saturated rings. The lowest BCUT2D eigenvalue weighted by molar-refractivity contribution is -0.121. The Morgan fingerprint density at radius 1 is 0.791 bits per heavy atom. The monoisotopic (exact) mass is 600 g/mol. The Morgan fingerprint density at radius 2 is 1.47 bits per heavy atom. The Bertz CT molecular complexity index is 1630. The topological polar surface area (TPSA) is 111 Å². The minimum absolute atomic E-state index is 0.0390. The first-order chi connectivity index (χ1) is 20.7. The second-order valence-corrected chi connectivity index (χ2v) is 12.0. The van der Waals surface area contributed by atoms with Crippen molar-refractivity contribution in [3.8, 4) is 11.5 Å². The third kappa shape index (κ3) is 9.44. The molecule has 224 valence electrons. The summed E-state index contributed by atoms with van der Waals surface area (Å²) in [7, 11) is -4.05. The van der Waals surface area contributed by atoms with Gasteiger partial charge in [0.05, 0.1) is 10.5 Å². The fourth-order valence-electron chi connectivity index (χ4n) is 4.48. The smallest absolute Gasteiger partial charge is 0.271 e. The van der Waals surface area contributed by atoms with Gasteiger partial charge in [0.2, 0.25) is 0 Å². The van der Waals surface area contributed by atoms with E-state index in [1.807, 2.05) is 54.1 Å². The first kappa shape index (κ1) is 31.3. The predicted molar refractivity (Wildman–Crippen MR) is 165 cm³/mol. The number of ether oxygens (including phenoxy) is 2. The highest BCUT2D eigenvalue weighted by Gasteiger charge is 2.20. The third-order valence-electron chi connectivity index (χ3n) is 6.79. The summed E-state index contributed by atoms with van der Waals surface area (Å²) in [6, 6.07) is 30.4. The van der Waals surface area contributed by atoms with Crippen LogP contribution < -0.4 is 19.5 Å². The molecule has 1 atom stereocenters. The molecule has 0 aliphatic rings. The van der Waals surface area contributed by atoms with Gasteiger partial charge in [-0.3, -0.25) is 9.59 Å². The lowest BCUT2D eigenvalue weighted by atomic mass is 9.98. The van der Waals surface area contributed by atoms with Crippen molar-refractivity contribution < 1.29 is 27.5 Å². The number of carbonyl (C=O) groups is 2. The second-order valence-electron chi connectivity index (χ2n) is 10.4. The SMILES string of the molecule is Cc1ccccc1OCc1ccc(OCC(=O)NS(=O)(=O)c2ccccc2)c(C(=O)NCCC(C)Cc2ccccc2)c1. The molecule has 2 amide bonds. The molecule has 1 unspecified atom stereocenters. The van der Waals surface area contributed by atoms with Crippen LogP contribution in [-0.2, 0) is 27.8 Å². The van der Waals surface area contributed by atoms with Crippen molar-refractivity contribution in [3.63, 3.8) is 0 Å². The number of aryl methyl sites for hydroxylation is 1. The maximum absolute atomic E-state index is 13.3. The van der Waals surface area contributed by atoms with Gasteiger partial charge in [0.25, 0.3) is 21.8 Å². The van der Waals surface area contributed by atoms with E-state index >= 15 is 0 Å². The standard InChI is InChI=1S/C34H36N2O6S/c1-25(21-27-12-5-3-6-13-27)19-20-35-34(38)30-22-28(23-41-31-16-10-9-11-26(31)2)17-18-32(30)42-24-33(37)36-43(39,40)29-14-7-4-8-15-29/h3-18,22,25H,19-21,23-24H2,1-2H3,(H,35,38)(H,36,37). The summed E-state index contributed by atoms with van der Waals surface area (Å²) in [5, 5.41) is 2.96. The van der Waals surface area contributed by atoms with Crippen LogP contribution in [0.15, 0.2) is 108 Å². The summed E-state index contributed by atoms with van der Waals surface area (Å²) in [4.78, 5) is 25.8. The van der Waals surface area contributed by atoms with Crippen LogP contribution in [0.25, 0.3) is 0 Å². The molecule has 9 heteroatoms. The van der Waals surface area contributed by atoms with Crippen molar-refractivity contribution in [1.29, 1.82) is 0 Å². The van der Waals surface area contributed by atoms with Gasteiger partial charge in [-0.2, -0.15) is 0 Å². The molecule has 0 aliphatic heterocycles. The van der Waals surface area contributed by atoms with Crippen LogP contribution in [0, 0.1) is 12.8 Å². The van der Waals surface area contributed by atoms with Crippen LogP contribution in [0.5, 0.6) is 11.5 Å². The second kappa shape index (κ2) is 15.0. The quantitative estimate of drug-likeness (QED) is 0.199. The highest BCUT2D eigenvalue weighted by molar-refractivity contribution is 7.90. The van der Waals surface area contributed by atoms with E-state index in [0.29, 0.717) is 12.5 Å². The van der Waals surface area contributed by atoms with Gasteiger partial charge in [-0.1, -0.05) is 79.7 Å².